The van der Waals surface area contributed by atoms with E-state index in [0.29, 0.717) is 0 Å². The minimum absolute atomic E-state index is 0. The van der Waals surface area contributed by atoms with Crippen molar-refractivity contribution in [3.63, 3.8) is 0 Å². The molecule has 0 aliphatic heterocycles. The van der Waals surface area contributed by atoms with Gasteiger partial charge in [-0.05, 0) is 113 Å². The standard InChI is InChI=1S/C43H35N2O.C13H24O2.C11H7FN.Ir/c1-27(2)36-24-32(30-16-9-6-10-17-30)25-37(28(3)4)41(36)45-39-21-12-11-20-38(39)44-43(45)35-19-13-18-34-33-23-22-31(26-40(33)46-42(34)35)29-14-7-5-8-15-29;1-5-10(6-2)12(14)9-13(15)11(7-3)8-4;12-10-6-4-9(5-7-10)11-3-1-2-8-13-11;/h5-18,20-28H,1-4H3;9-11,14H,5-8H2,1-4H3;1-4,6-8H;/q-1;;-1;/b;12-9-;;. The van der Waals surface area contributed by atoms with Gasteiger partial charge in [0.05, 0.1) is 28.2 Å². The van der Waals surface area contributed by atoms with Gasteiger partial charge in [-0.3, -0.25) is 14.2 Å². The third kappa shape index (κ3) is 12.6. The fourth-order valence-electron chi connectivity index (χ4n) is 9.62. The number of carbonyl (C=O) groups excluding carboxylic acids is 1. The van der Waals surface area contributed by atoms with Gasteiger partial charge in [0, 0.05) is 61.1 Å². The summed E-state index contributed by atoms with van der Waals surface area (Å²) in [4.78, 5) is 21.1. The Kier molecular flexibility index (Phi) is 19.1. The largest absolute Gasteiger partial charge is 0.512 e. The molecular formula is C67H66FIrN3O3-2. The van der Waals surface area contributed by atoms with Gasteiger partial charge in [0.2, 0.25) is 0 Å². The number of allylic oxidation sites excluding steroid dienone is 2. The Bertz CT molecular complexity index is 3450. The predicted octanol–water partition coefficient (Wildman–Crippen LogP) is 18.5. The van der Waals surface area contributed by atoms with Crippen molar-refractivity contribution < 1.29 is 38.8 Å². The molecule has 0 amide bonds. The Balaban J connectivity index is 0.000000232. The van der Waals surface area contributed by atoms with Crippen molar-refractivity contribution in [2.45, 2.75) is 92.9 Å². The van der Waals surface area contributed by atoms with Crippen molar-refractivity contribution in [3.05, 3.63) is 211 Å². The zero-order valence-corrected chi connectivity index (χ0v) is 46.6. The normalized spacial score (nSPS) is 11.5. The number of halogens is 1. The van der Waals surface area contributed by atoms with E-state index in [9.17, 15) is 14.3 Å². The van der Waals surface area contributed by atoms with Gasteiger partial charge in [0.1, 0.15) is 5.58 Å². The van der Waals surface area contributed by atoms with E-state index >= 15 is 0 Å². The average molecular weight is 1170 g/mol. The molecule has 385 valence electrons. The van der Waals surface area contributed by atoms with E-state index < -0.39 is 0 Å². The molecule has 1 N–H and O–H groups in total. The van der Waals surface area contributed by atoms with Crippen LogP contribution in [-0.4, -0.2) is 25.4 Å². The van der Waals surface area contributed by atoms with Gasteiger partial charge in [-0.25, -0.2) is 0 Å². The number of benzene rings is 7. The smallest absolute Gasteiger partial charge is 0.162 e. The first-order valence-corrected chi connectivity index (χ1v) is 26.1. The maximum absolute atomic E-state index is 12.6. The molecule has 0 atom stereocenters. The molecule has 0 aliphatic carbocycles. The Morgan fingerprint density at radius 3 is 1.87 bits per heavy atom. The number of imidazole rings is 1. The average Bonchev–Trinajstić information content (AvgIpc) is 4.01. The quantitative estimate of drug-likeness (QED) is 0.0667. The Hall–Kier alpha value is -7.25. The van der Waals surface area contributed by atoms with Gasteiger partial charge in [-0.2, -0.15) is 0 Å². The van der Waals surface area contributed by atoms with Crippen LogP contribution in [0.15, 0.2) is 186 Å². The van der Waals surface area contributed by atoms with Crippen molar-refractivity contribution in [1.29, 1.82) is 0 Å². The maximum Gasteiger partial charge on any atom is 0.162 e. The summed E-state index contributed by atoms with van der Waals surface area (Å²) in [7, 11) is 0. The zero-order chi connectivity index (χ0) is 52.3. The van der Waals surface area contributed by atoms with E-state index in [-0.39, 0.29) is 61.1 Å². The molecule has 1 radical (unpaired) electrons. The molecule has 8 heteroatoms. The summed E-state index contributed by atoms with van der Waals surface area (Å²) in [6.07, 6.45) is 6.61. The monoisotopic (exact) mass is 1170 g/mol. The van der Waals surface area contributed by atoms with Crippen LogP contribution in [0.4, 0.5) is 4.39 Å². The summed E-state index contributed by atoms with van der Waals surface area (Å²) >= 11 is 0. The number of fused-ring (bicyclic) bond motifs is 4. The number of aliphatic hydroxyl groups excluding tert-OH is 1. The number of ketones is 1. The Labute approximate surface area is 455 Å². The van der Waals surface area contributed by atoms with Crippen LogP contribution in [0.2, 0.25) is 0 Å². The van der Waals surface area contributed by atoms with Gasteiger partial charge in [-0.1, -0.05) is 163 Å². The summed E-state index contributed by atoms with van der Waals surface area (Å²) in [5.74, 6) is 1.68. The number of aliphatic hydroxyl groups is 1. The molecule has 0 bridgehead atoms. The fourth-order valence-corrected chi connectivity index (χ4v) is 9.62. The number of carbonyl (C=O) groups is 1. The van der Waals surface area contributed by atoms with Gasteiger partial charge in [0.25, 0.3) is 0 Å². The first kappa shape index (κ1) is 55.5. The fraction of sp³-hybridized carbons (Fsp3) is 0.239. The molecule has 0 aliphatic rings. The summed E-state index contributed by atoms with van der Waals surface area (Å²) in [6.45, 7) is 17.2. The first-order valence-electron chi connectivity index (χ1n) is 26.1. The SMILES string of the molecule is CC(C)c1cc(-c2ccccc2)cc(C(C)C)c1-n1c(-c2[c-]ccc3c2oc2cc(-c4ccccc4)ccc23)nc2ccccc21.CCC(CC)C(=O)/C=C(\O)C(CC)CC.Fc1c[c-]c(-c2ccccn2)cc1.[Ir]. The molecule has 3 heterocycles. The van der Waals surface area contributed by atoms with Gasteiger partial charge < -0.3 is 19.1 Å². The molecule has 10 rings (SSSR count). The molecule has 10 aromatic rings. The van der Waals surface area contributed by atoms with Crippen molar-refractivity contribution in [2.75, 3.05) is 0 Å². The summed E-state index contributed by atoms with van der Waals surface area (Å²) in [5.41, 5.74) is 14.7. The van der Waals surface area contributed by atoms with Gasteiger partial charge in [0.15, 0.2) is 5.78 Å². The second-order valence-corrected chi connectivity index (χ2v) is 19.3. The van der Waals surface area contributed by atoms with Crippen LogP contribution in [0.3, 0.4) is 0 Å². The minimum atomic E-state index is -0.278. The van der Waals surface area contributed by atoms with Crippen LogP contribution >= 0.6 is 0 Å². The Morgan fingerprint density at radius 1 is 0.667 bits per heavy atom. The summed E-state index contributed by atoms with van der Waals surface area (Å²) in [6, 6.07) is 61.3. The van der Waals surface area contributed by atoms with E-state index in [1.165, 1.54) is 51.7 Å². The number of pyridine rings is 1. The van der Waals surface area contributed by atoms with E-state index in [2.05, 4.69) is 165 Å². The molecule has 7 aromatic carbocycles. The third-order valence-electron chi connectivity index (χ3n) is 13.9. The minimum Gasteiger partial charge on any atom is -0.512 e. The van der Waals surface area contributed by atoms with E-state index in [1.807, 2.05) is 58.0 Å². The summed E-state index contributed by atoms with van der Waals surface area (Å²) in [5, 5.41) is 11.9. The topological polar surface area (TPSA) is 81.2 Å². The predicted molar refractivity (Wildman–Crippen MR) is 304 cm³/mol. The van der Waals surface area contributed by atoms with Crippen LogP contribution in [0.1, 0.15) is 104 Å². The van der Waals surface area contributed by atoms with Crippen molar-refractivity contribution in [2.24, 2.45) is 11.8 Å². The number of aromatic nitrogens is 3. The number of rotatable bonds is 14. The number of nitrogens with zero attached hydrogens (tertiary/aromatic N) is 3. The number of hydrogen-bond acceptors (Lipinski definition) is 5. The second-order valence-electron chi connectivity index (χ2n) is 19.3. The number of para-hydroxylation sites is 2. The van der Waals surface area contributed by atoms with Crippen LogP contribution in [0.5, 0.6) is 0 Å². The molecule has 0 fully saturated rings. The van der Waals surface area contributed by atoms with Gasteiger partial charge >= 0.3 is 0 Å². The van der Waals surface area contributed by atoms with Crippen LogP contribution in [0, 0.1) is 29.8 Å². The third-order valence-corrected chi connectivity index (χ3v) is 13.9. The Morgan fingerprint density at radius 2 is 1.28 bits per heavy atom. The molecule has 0 saturated heterocycles. The van der Waals surface area contributed by atoms with E-state index in [1.54, 1.807) is 12.3 Å². The first-order chi connectivity index (χ1) is 35.9. The van der Waals surface area contributed by atoms with E-state index in [4.69, 9.17) is 9.40 Å². The van der Waals surface area contributed by atoms with Crippen molar-refractivity contribution >= 4 is 38.8 Å². The van der Waals surface area contributed by atoms with Crippen LogP contribution < -0.4 is 0 Å². The molecule has 0 unspecified atom stereocenters. The maximum atomic E-state index is 12.6. The number of hydrogen-bond donors (Lipinski definition) is 1. The van der Waals surface area contributed by atoms with Crippen molar-refractivity contribution in [1.82, 2.24) is 14.5 Å². The number of furan rings is 1. The molecule has 0 spiro atoms. The summed E-state index contributed by atoms with van der Waals surface area (Å²) < 4.78 is 21.6. The molecule has 75 heavy (non-hydrogen) atoms. The van der Waals surface area contributed by atoms with Gasteiger partial charge in [-0.15, -0.1) is 48.0 Å². The van der Waals surface area contributed by atoms with Crippen molar-refractivity contribution in [3.8, 4) is 50.6 Å². The second kappa shape index (κ2) is 25.8. The van der Waals surface area contributed by atoms with Crippen LogP contribution in [-0.2, 0) is 24.9 Å². The molecule has 6 nitrogen and oxygen atoms in total. The molecule has 3 aromatic heterocycles. The zero-order valence-electron chi connectivity index (χ0n) is 44.2. The van der Waals surface area contributed by atoms with E-state index in [0.717, 1.165) is 86.9 Å². The molecular weight excluding hydrogens is 1110 g/mol. The molecule has 0 saturated carbocycles. The van der Waals surface area contributed by atoms with Crippen LogP contribution in [0.25, 0.3) is 83.6 Å².